The van der Waals surface area contributed by atoms with E-state index in [-0.39, 0.29) is 18.5 Å². The smallest absolute Gasteiger partial charge is 0.0575 e. The van der Waals surface area contributed by atoms with E-state index in [0.717, 1.165) is 25.4 Å². The highest BCUT2D eigenvalue weighted by molar-refractivity contribution is 5.85. The van der Waals surface area contributed by atoms with Crippen LogP contribution in [0.5, 0.6) is 0 Å². The van der Waals surface area contributed by atoms with Crippen LogP contribution >= 0.6 is 12.4 Å². The Bertz CT molecular complexity index is 118. The van der Waals surface area contributed by atoms with Crippen LogP contribution in [0.4, 0.5) is 0 Å². The lowest BCUT2D eigenvalue weighted by Gasteiger charge is -2.45. The molecule has 3 heteroatoms. The zero-order valence-electron chi connectivity index (χ0n) is 5.92. The minimum Gasteiger partial charge on any atom is -0.393 e. The molecule has 0 aromatic heterocycles. The fraction of sp³-hybridized carbons (Fsp3) is 1.00. The van der Waals surface area contributed by atoms with Crippen LogP contribution in [0.15, 0.2) is 0 Å². The second-order valence-electron chi connectivity index (χ2n) is 3.22. The van der Waals surface area contributed by atoms with Crippen molar-refractivity contribution in [1.29, 1.82) is 0 Å². The SMILES string of the molecule is Cl.O[C@H]1C[C@H]2CNCC[C@H]21. The summed E-state index contributed by atoms with van der Waals surface area (Å²) < 4.78 is 0. The first-order chi connectivity index (χ1) is 4.38. The molecule has 1 aliphatic heterocycles. The number of rotatable bonds is 0. The number of aliphatic hydroxyl groups is 1. The van der Waals surface area contributed by atoms with E-state index in [0.29, 0.717) is 5.92 Å². The molecule has 3 atom stereocenters. The molecule has 0 unspecified atom stereocenters. The average molecular weight is 164 g/mol. The van der Waals surface area contributed by atoms with Crippen molar-refractivity contribution in [1.82, 2.24) is 5.32 Å². The summed E-state index contributed by atoms with van der Waals surface area (Å²) in [5, 5.41) is 12.5. The Morgan fingerprint density at radius 2 is 2.20 bits per heavy atom. The van der Waals surface area contributed by atoms with E-state index in [1.807, 2.05) is 0 Å². The van der Waals surface area contributed by atoms with Crippen molar-refractivity contribution in [2.24, 2.45) is 11.8 Å². The number of piperidine rings is 1. The summed E-state index contributed by atoms with van der Waals surface area (Å²) in [7, 11) is 0. The van der Waals surface area contributed by atoms with Gasteiger partial charge in [-0.1, -0.05) is 0 Å². The lowest BCUT2D eigenvalue weighted by Crippen LogP contribution is -2.51. The Kier molecular flexibility index (Phi) is 2.55. The van der Waals surface area contributed by atoms with Gasteiger partial charge in [-0.05, 0) is 37.8 Å². The van der Waals surface area contributed by atoms with E-state index in [2.05, 4.69) is 5.32 Å². The third-order valence-electron chi connectivity index (χ3n) is 2.70. The first kappa shape index (κ1) is 8.31. The molecule has 2 N–H and O–H groups in total. The van der Waals surface area contributed by atoms with Crippen molar-refractivity contribution in [2.45, 2.75) is 18.9 Å². The topological polar surface area (TPSA) is 32.3 Å². The Hall–Kier alpha value is 0.210. The van der Waals surface area contributed by atoms with Gasteiger partial charge in [-0.15, -0.1) is 12.4 Å². The molecule has 0 amide bonds. The standard InChI is InChI=1S/C7H13NO.ClH/c9-7-3-5-4-8-2-1-6(5)7;/h5-9H,1-4H2;1H/t5-,6+,7-;/m0./s1. The molecule has 0 aromatic rings. The van der Waals surface area contributed by atoms with Crippen molar-refractivity contribution in [2.75, 3.05) is 13.1 Å². The summed E-state index contributed by atoms with van der Waals surface area (Å²) in [4.78, 5) is 0. The van der Waals surface area contributed by atoms with E-state index >= 15 is 0 Å². The number of nitrogens with one attached hydrogen (secondary N) is 1. The maximum absolute atomic E-state index is 9.22. The van der Waals surface area contributed by atoms with Crippen molar-refractivity contribution in [3.8, 4) is 0 Å². The minimum atomic E-state index is 0. The molecule has 1 heterocycles. The lowest BCUT2D eigenvalue weighted by atomic mass is 9.68. The number of hydrogen-bond acceptors (Lipinski definition) is 2. The largest absolute Gasteiger partial charge is 0.393 e. The summed E-state index contributed by atoms with van der Waals surface area (Å²) >= 11 is 0. The van der Waals surface area contributed by atoms with Gasteiger partial charge in [0.25, 0.3) is 0 Å². The van der Waals surface area contributed by atoms with Crippen LogP contribution in [0.3, 0.4) is 0 Å². The second-order valence-corrected chi connectivity index (χ2v) is 3.22. The highest BCUT2D eigenvalue weighted by Crippen LogP contribution is 2.38. The molecular weight excluding hydrogens is 150 g/mol. The van der Waals surface area contributed by atoms with E-state index in [1.165, 1.54) is 6.42 Å². The molecule has 60 valence electrons. The number of hydrogen-bond donors (Lipinski definition) is 2. The van der Waals surface area contributed by atoms with Gasteiger partial charge in [0.05, 0.1) is 6.10 Å². The molecule has 1 saturated heterocycles. The summed E-state index contributed by atoms with van der Waals surface area (Å²) in [5.41, 5.74) is 0. The molecule has 2 aliphatic rings. The number of halogens is 1. The predicted octanol–water partition coefficient (Wildman–Crippen LogP) is 0.398. The molecule has 2 fully saturated rings. The van der Waals surface area contributed by atoms with Gasteiger partial charge in [0.1, 0.15) is 0 Å². The Labute approximate surface area is 67.4 Å². The highest BCUT2D eigenvalue weighted by atomic mass is 35.5. The Morgan fingerprint density at radius 1 is 1.40 bits per heavy atom. The van der Waals surface area contributed by atoms with Crippen LogP contribution in [-0.4, -0.2) is 24.3 Å². The van der Waals surface area contributed by atoms with Gasteiger partial charge in [-0.2, -0.15) is 0 Å². The van der Waals surface area contributed by atoms with Crippen molar-refractivity contribution in [3.05, 3.63) is 0 Å². The zero-order valence-corrected chi connectivity index (χ0v) is 6.73. The van der Waals surface area contributed by atoms with Gasteiger partial charge in [-0.3, -0.25) is 0 Å². The van der Waals surface area contributed by atoms with Crippen molar-refractivity contribution in [3.63, 3.8) is 0 Å². The molecule has 1 saturated carbocycles. The molecule has 0 bridgehead atoms. The molecule has 2 nitrogen and oxygen atoms in total. The second kappa shape index (κ2) is 3.07. The minimum absolute atomic E-state index is 0. The van der Waals surface area contributed by atoms with E-state index in [1.54, 1.807) is 0 Å². The zero-order chi connectivity index (χ0) is 6.27. The fourth-order valence-electron chi connectivity index (χ4n) is 2.00. The van der Waals surface area contributed by atoms with Gasteiger partial charge in [0, 0.05) is 0 Å². The maximum Gasteiger partial charge on any atom is 0.0575 e. The van der Waals surface area contributed by atoms with Gasteiger partial charge >= 0.3 is 0 Å². The van der Waals surface area contributed by atoms with Crippen molar-refractivity contribution >= 4 is 12.4 Å². The third kappa shape index (κ3) is 1.16. The summed E-state index contributed by atoms with van der Waals surface area (Å²) in [5.74, 6) is 1.44. The van der Waals surface area contributed by atoms with Gasteiger partial charge in [-0.25, -0.2) is 0 Å². The van der Waals surface area contributed by atoms with E-state index in [9.17, 15) is 5.11 Å². The monoisotopic (exact) mass is 163 g/mol. The van der Waals surface area contributed by atoms with Crippen LogP contribution in [0.25, 0.3) is 0 Å². The summed E-state index contributed by atoms with van der Waals surface area (Å²) in [6.45, 7) is 2.25. The molecule has 0 radical (unpaired) electrons. The third-order valence-corrected chi connectivity index (χ3v) is 2.70. The van der Waals surface area contributed by atoms with Crippen LogP contribution in [0.2, 0.25) is 0 Å². The van der Waals surface area contributed by atoms with E-state index < -0.39 is 0 Å². The molecule has 10 heavy (non-hydrogen) atoms. The average Bonchev–Trinajstić information content (AvgIpc) is 1.86. The maximum atomic E-state index is 9.22. The van der Waals surface area contributed by atoms with Crippen molar-refractivity contribution < 1.29 is 5.11 Å². The van der Waals surface area contributed by atoms with Crippen LogP contribution in [0, 0.1) is 11.8 Å². The van der Waals surface area contributed by atoms with Crippen LogP contribution < -0.4 is 5.32 Å². The normalized spacial score (nSPS) is 44.7. The molecule has 2 rings (SSSR count). The summed E-state index contributed by atoms with van der Waals surface area (Å²) in [6, 6.07) is 0. The Morgan fingerprint density at radius 3 is 2.70 bits per heavy atom. The predicted molar refractivity (Wildman–Crippen MR) is 42.3 cm³/mol. The molecular formula is C7H14ClNO. The van der Waals surface area contributed by atoms with Crippen LogP contribution in [-0.2, 0) is 0 Å². The number of fused-ring (bicyclic) bond motifs is 1. The van der Waals surface area contributed by atoms with Gasteiger partial charge < -0.3 is 10.4 Å². The van der Waals surface area contributed by atoms with Gasteiger partial charge in [0.2, 0.25) is 0 Å². The first-order valence-corrected chi connectivity index (χ1v) is 3.76. The molecule has 1 aliphatic carbocycles. The number of aliphatic hydroxyl groups excluding tert-OH is 1. The quantitative estimate of drug-likeness (QED) is 0.542. The highest BCUT2D eigenvalue weighted by Gasteiger charge is 2.40. The van der Waals surface area contributed by atoms with Crippen LogP contribution in [0.1, 0.15) is 12.8 Å². The first-order valence-electron chi connectivity index (χ1n) is 3.76. The fourth-order valence-corrected chi connectivity index (χ4v) is 2.00. The van der Waals surface area contributed by atoms with E-state index in [4.69, 9.17) is 0 Å². The Balaban J connectivity index is 0.000000500. The van der Waals surface area contributed by atoms with Gasteiger partial charge in [0.15, 0.2) is 0 Å². The lowest BCUT2D eigenvalue weighted by molar-refractivity contribution is -0.0484. The summed E-state index contributed by atoms with van der Waals surface area (Å²) in [6.07, 6.45) is 2.26. The molecule has 0 aromatic carbocycles. The molecule has 0 spiro atoms.